The molecule has 1 aliphatic rings. The van der Waals surface area contributed by atoms with E-state index in [1.807, 2.05) is 6.92 Å². The highest BCUT2D eigenvalue weighted by Crippen LogP contribution is 2.16. The smallest absolute Gasteiger partial charge is 0.240 e. The van der Waals surface area contributed by atoms with Crippen molar-refractivity contribution in [3.8, 4) is 0 Å². The van der Waals surface area contributed by atoms with Crippen molar-refractivity contribution >= 4 is 17.5 Å². The normalized spacial score (nSPS) is 21.6. The van der Waals surface area contributed by atoms with Crippen LogP contribution in [0.15, 0.2) is 0 Å². The van der Waals surface area contributed by atoms with Gasteiger partial charge in [-0.15, -0.1) is 11.6 Å². The Hall–Kier alpha value is -0.310. The molecule has 0 aromatic heterocycles. The number of piperidine rings is 1. The van der Waals surface area contributed by atoms with Crippen LogP contribution in [0, 0.1) is 0 Å². The standard InChI is InChI=1S/C9H15ClFNO/c1-2-8(10)9(13)12-5-3-7(11)4-6-12/h7-8H,2-6H2,1H3/t8-/m1/s1. The van der Waals surface area contributed by atoms with Crippen molar-refractivity contribution < 1.29 is 9.18 Å². The third-order valence-electron chi connectivity index (χ3n) is 2.36. The summed E-state index contributed by atoms with van der Waals surface area (Å²) < 4.78 is 12.7. The van der Waals surface area contributed by atoms with E-state index >= 15 is 0 Å². The zero-order chi connectivity index (χ0) is 9.84. The van der Waals surface area contributed by atoms with E-state index in [0.29, 0.717) is 32.4 Å². The number of carbonyl (C=O) groups excluding carboxylic acids is 1. The van der Waals surface area contributed by atoms with E-state index in [1.165, 1.54) is 0 Å². The quantitative estimate of drug-likeness (QED) is 0.634. The monoisotopic (exact) mass is 207 g/mol. The van der Waals surface area contributed by atoms with Crippen LogP contribution in [-0.4, -0.2) is 35.4 Å². The number of amides is 1. The summed E-state index contributed by atoms with van der Waals surface area (Å²) in [4.78, 5) is 13.2. The second-order valence-corrected chi connectivity index (χ2v) is 3.90. The van der Waals surface area contributed by atoms with Crippen LogP contribution < -0.4 is 0 Å². The topological polar surface area (TPSA) is 20.3 Å². The molecule has 0 bridgehead atoms. The van der Waals surface area contributed by atoms with Crippen LogP contribution in [-0.2, 0) is 4.79 Å². The van der Waals surface area contributed by atoms with E-state index in [1.54, 1.807) is 4.90 Å². The van der Waals surface area contributed by atoms with Gasteiger partial charge in [-0.25, -0.2) is 4.39 Å². The van der Waals surface area contributed by atoms with Gasteiger partial charge in [0.05, 0.1) is 0 Å². The van der Waals surface area contributed by atoms with Gasteiger partial charge >= 0.3 is 0 Å². The van der Waals surface area contributed by atoms with Crippen molar-refractivity contribution in [3.63, 3.8) is 0 Å². The summed E-state index contributed by atoms with van der Waals surface area (Å²) in [5, 5.41) is -0.434. The molecule has 2 nitrogen and oxygen atoms in total. The van der Waals surface area contributed by atoms with E-state index in [4.69, 9.17) is 11.6 Å². The molecular weight excluding hydrogens is 193 g/mol. The third-order valence-corrected chi connectivity index (χ3v) is 2.86. The molecule has 13 heavy (non-hydrogen) atoms. The lowest BCUT2D eigenvalue weighted by atomic mass is 10.1. The minimum Gasteiger partial charge on any atom is -0.341 e. The zero-order valence-corrected chi connectivity index (χ0v) is 8.56. The molecule has 0 saturated carbocycles. The summed E-state index contributed by atoms with van der Waals surface area (Å²) in [6.07, 6.45) is 0.813. The van der Waals surface area contributed by atoms with Gasteiger partial charge in [0.1, 0.15) is 11.5 Å². The van der Waals surface area contributed by atoms with Crippen LogP contribution in [0.2, 0.25) is 0 Å². The zero-order valence-electron chi connectivity index (χ0n) is 7.80. The molecule has 0 aromatic rings. The molecule has 1 fully saturated rings. The molecule has 76 valence electrons. The van der Waals surface area contributed by atoms with Crippen molar-refractivity contribution in [2.24, 2.45) is 0 Å². The molecule has 0 unspecified atom stereocenters. The van der Waals surface area contributed by atoms with E-state index in [0.717, 1.165) is 0 Å². The first kappa shape index (κ1) is 10.8. The van der Waals surface area contributed by atoms with E-state index in [-0.39, 0.29) is 5.91 Å². The number of carbonyl (C=O) groups is 1. The van der Waals surface area contributed by atoms with Gasteiger partial charge in [-0.05, 0) is 19.3 Å². The average molecular weight is 208 g/mol. The molecule has 4 heteroatoms. The second kappa shape index (κ2) is 4.80. The maximum Gasteiger partial charge on any atom is 0.240 e. The summed E-state index contributed by atoms with van der Waals surface area (Å²) in [5.74, 6) is -0.0453. The molecule has 1 heterocycles. The lowest BCUT2D eigenvalue weighted by Gasteiger charge is -2.29. The van der Waals surface area contributed by atoms with Crippen molar-refractivity contribution in [1.29, 1.82) is 0 Å². The van der Waals surface area contributed by atoms with Crippen LogP contribution in [0.25, 0.3) is 0 Å². The van der Waals surface area contributed by atoms with Crippen molar-refractivity contribution in [1.82, 2.24) is 4.90 Å². The van der Waals surface area contributed by atoms with Crippen LogP contribution >= 0.6 is 11.6 Å². The molecule has 0 aliphatic carbocycles. The van der Waals surface area contributed by atoms with Gasteiger partial charge < -0.3 is 4.90 Å². The summed E-state index contributed by atoms with van der Waals surface area (Å²) in [5.41, 5.74) is 0. The molecule has 1 saturated heterocycles. The third kappa shape index (κ3) is 2.83. The Morgan fingerprint density at radius 1 is 1.62 bits per heavy atom. The maximum absolute atomic E-state index is 12.7. The van der Waals surface area contributed by atoms with Gasteiger partial charge in [0.2, 0.25) is 5.91 Å². The highest BCUT2D eigenvalue weighted by Gasteiger charge is 2.25. The van der Waals surface area contributed by atoms with Crippen molar-refractivity contribution in [2.45, 2.75) is 37.7 Å². The van der Waals surface area contributed by atoms with Crippen molar-refractivity contribution in [3.05, 3.63) is 0 Å². The van der Waals surface area contributed by atoms with E-state index < -0.39 is 11.5 Å². The fourth-order valence-electron chi connectivity index (χ4n) is 1.44. The van der Waals surface area contributed by atoms with Gasteiger partial charge in [-0.3, -0.25) is 4.79 Å². The van der Waals surface area contributed by atoms with Gasteiger partial charge in [-0.1, -0.05) is 6.92 Å². The van der Waals surface area contributed by atoms with Gasteiger partial charge in [0, 0.05) is 13.1 Å². The summed E-state index contributed by atoms with van der Waals surface area (Å²) in [6.45, 7) is 2.91. The van der Waals surface area contributed by atoms with E-state index in [9.17, 15) is 9.18 Å². The highest BCUT2D eigenvalue weighted by atomic mass is 35.5. The number of likely N-dealkylation sites (tertiary alicyclic amines) is 1. The predicted octanol–water partition coefficient (Wildman–Crippen LogP) is 1.96. The molecule has 0 N–H and O–H groups in total. The van der Waals surface area contributed by atoms with Gasteiger partial charge in [0.25, 0.3) is 0 Å². The molecule has 0 radical (unpaired) electrons. The Balaban J connectivity index is 2.40. The maximum atomic E-state index is 12.7. The first-order chi connectivity index (χ1) is 6.15. The fourth-order valence-corrected chi connectivity index (χ4v) is 1.58. The predicted molar refractivity (Wildman–Crippen MR) is 50.6 cm³/mol. The van der Waals surface area contributed by atoms with Crippen LogP contribution in [0.5, 0.6) is 0 Å². The molecule has 1 rings (SSSR count). The Morgan fingerprint density at radius 2 is 2.15 bits per heavy atom. The first-order valence-corrected chi connectivity index (χ1v) is 5.15. The minimum absolute atomic E-state index is 0.0453. The lowest BCUT2D eigenvalue weighted by Crippen LogP contribution is -2.42. The van der Waals surface area contributed by atoms with Crippen molar-refractivity contribution in [2.75, 3.05) is 13.1 Å². The van der Waals surface area contributed by atoms with E-state index in [2.05, 4.69) is 0 Å². The Labute approximate surface area is 83.0 Å². The molecule has 1 aliphatic heterocycles. The SMILES string of the molecule is CC[C@@H](Cl)C(=O)N1CCC(F)CC1. The first-order valence-electron chi connectivity index (χ1n) is 4.72. The van der Waals surface area contributed by atoms with Gasteiger partial charge in [0.15, 0.2) is 0 Å². The largest absolute Gasteiger partial charge is 0.341 e. The van der Waals surface area contributed by atoms with Crippen LogP contribution in [0.4, 0.5) is 4.39 Å². The van der Waals surface area contributed by atoms with Gasteiger partial charge in [-0.2, -0.15) is 0 Å². The summed E-state index contributed by atoms with van der Waals surface area (Å²) in [7, 11) is 0. The number of nitrogens with zero attached hydrogens (tertiary/aromatic N) is 1. The van der Waals surface area contributed by atoms with Crippen LogP contribution in [0.3, 0.4) is 0 Å². The lowest BCUT2D eigenvalue weighted by molar-refractivity contribution is -0.132. The molecule has 1 atom stereocenters. The number of hydrogen-bond acceptors (Lipinski definition) is 1. The molecular formula is C9H15ClFNO. The number of halogens is 2. The Kier molecular flexibility index (Phi) is 3.97. The number of rotatable bonds is 2. The highest BCUT2D eigenvalue weighted by molar-refractivity contribution is 6.30. The Bertz CT molecular complexity index is 180. The summed E-state index contributed by atoms with van der Waals surface area (Å²) in [6, 6.07) is 0. The minimum atomic E-state index is -0.737. The van der Waals surface area contributed by atoms with Crippen LogP contribution in [0.1, 0.15) is 26.2 Å². The average Bonchev–Trinajstić information content (AvgIpc) is 2.17. The fraction of sp³-hybridized carbons (Fsp3) is 0.889. The number of hydrogen-bond donors (Lipinski definition) is 0. The molecule has 0 aromatic carbocycles. The Morgan fingerprint density at radius 3 is 2.62 bits per heavy atom. The number of alkyl halides is 2. The molecule has 1 amide bonds. The second-order valence-electron chi connectivity index (χ2n) is 3.38. The summed E-state index contributed by atoms with van der Waals surface area (Å²) >= 11 is 5.80. The molecule has 0 spiro atoms.